The van der Waals surface area contributed by atoms with Gasteiger partial charge in [-0.05, 0) is 0 Å². The van der Waals surface area contributed by atoms with Gasteiger partial charge in [0.25, 0.3) is 0 Å². The number of nitrogens with two attached hydrogens (primary N) is 1. The number of ether oxygens (including phenoxy) is 1. The molecule has 0 aliphatic heterocycles. The van der Waals surface area contributed by atoms with Crippen LogP contribution in [0.15, 0.2) is 11.4 Å². The van der Waals surface area contributed by atoms with Crippen molar-refractivity contribution in [2.24, 2.45) is 11.1 Å². The van der Waals surface area contributed by atoms with Crippen LogP contribution in [0.1, 0.15) is 20.8 Å². The molecule has 0 fully saturated rings. The lowest BCUT2D eigenvalue weighted by molar-refractivity contribution is 0.165. The molecule has 0 radical (unpaired) electrons. The Morgan fingerprint density at radius 1 is 1.50 bits per heavy atom. The molecule has 82 valence electrons. The zero-order valence-corrected chi connectivity index (χ0v) is 10.1. The minimum atomic E-state index is -0.898. The van der Waals surface area contributed by atoms with E-state index in [1.807, 2.05) is 0 Å². The summed E-state index contributed by atoms with van der Waals surface area (Å²) < 4.78 is 18.2. The largest absolute Gasteiger partial charge is 0.445 e. The SMILES string of the molecule is CC(C)(C)/C(F)=C(\CBr)COC(N)=O. The van der Waals surface area contributed by atoms with Crippen LogP contribution in [-0.2, 0) is 4.74 Å². The van der Waals surface area contributed by atoms with Crippen molar-refractivity contribution >= 4 is 22.0 Å². The lowest BCUT2D eigenvalue weighted by atomic mass is 9.92. The summed E-state index contributed by atoms with van der Waals surface area (Å²) in [6.45, 7) is 5.13. The smallest absolute Gasteiger partial charge is 0.404 e. The van der Waals surface area contributed by atoms with E-state index in [9.17, 15) is 9.18 Å². The third-order valence-electron chi connectivity index (χ3n) is 1.52. The van der Waals surface area contributed by atoms with Gasteiger partial charge >= 0.3 is 6.09 Å². The van der Waals surface area contributed by atoms with E-state index in [4.69, 9.17) is 5.73 Å². The maximum atomic E-state index is 13.6. The standard InChI is InChI=1S/C9H15BrFNO2/c1-9(2,3)7(11)6(4-10)5-14-8(12)13/h4-5H2,1-3H3,(H2,12,13)/b7-6-. The first-order valence-electron chi connectivity index (χ1n) is 4.15. The highest BCUT2D eigenvalue weighted by molar-refractivity contribution is 9.09. The fraction of sp³-hybridized carbons (Fsp3) is 0.667. The summed E-state index contributed by atoms with van der Waals surface area (Å²) in [5.41, 5.74) is 4.60. The topological polar surface area (TPSA) is 52.3 Å². The van der Waals surface area contributed by atoms with E-state index in [1.165, 1.54) is 0 Å². The summed E-state index contributed by atoms with van der Waals surface area (Å²) in [5.74, 6) is -0.282. The molecule has 0 spiro atoms. The Balaban J connectivity index is 4.60. The predicted octanol–water partition coefficient (Wildman–Crippen LogP) is 2.75. The molecule has 0 saturated carbocycles. The quantitative estimate of drug-likeness (QED) is 0.800. The third-order valence-corrected chi connectivity index (χ3v) is 2.20. The van der Waals surface area contributed by atoms with Crippen molar-refractivity contribution < 1.29 is 13.9 Å². The number of hydrogen-bond acceptors (Lipinski definition) is 2. The summed E-state index contributed by atoms with van der Waals surface area (Å²) in [7, 11) is 0. The van der Waals surface area contributed by atoms with Gasteiger partial charge in [0.1, 0.15) is 12.4 Å². The summed E-state index contributed by atoms with van der Waals surface area (Å²) in [6, 6.07) is 0. The average Bonchev–Trinajstić information content (AvgIpc) is 2.03. The number of allylic oxidation sites excluding steroid dienone is 1. The zero-order chi connectivity index (χ0) is 11.4. The zero-order valence-electron chi connectivity index (χ0n) is 8.56. The fourth-order valence-corrected chi connectivity index (χ4v) is 1.26. The maximum Gasteiger partial charge on any atom is 0.404 e. The Labute approximate surface area is 91.6 Å². The van der Waals surface area contributed by atoms with Crippen LogP contribution in [0.25, 0.3) is 0 Å². The third kappa shape index (κ3) is 4.60. The molecule has 0 atom stereocenters. The number of alkyl halides is 1. The van der Waals surface area contributed by atoms with Crippen LogP contribution < -0.4 is 5.73 Å². The first-order chi connectivity index (χ1) is 6.29. The number of amides is 1. The number of halogens is 2. The molecular weight excluding hydrogens is 253 g/mol. The van der Waals surface area contributed by atoms with Gasteiger partial charge in [-0.15, -0.1) is 0 Å². The number of carbonyl (C=O) groups excluding carboxylic acids is 1. The number of carbonyl (C=O) groups is 1. The molecule has 3 nitrogen and oxygen atoms in total. The van der Waals surface area contributed by atoms with E-state index < -0.39 is 11.5 Å². The molecule has 0 unspecified atom stereocenters. The van der Waals surface area contributed by atoms with E-state index in [0.717, 1.165) is 0 Å². The Bertz CT molecular complexity index is 246. The van der Waals surface area contributed by atoms with Gasteiger partial charge < -0.3 is 10.5 Å². The lowest BCUT2D eigenvalue weighted by Crippen LogP contribution is -2.18. The van der Waals surface area contributed by atoms with Gasteiger partial charge in [0.2, 0.25) is 0 Å². The molecule has 0 bridgehead atoms. The van der Waals surface area contributed by atoms with Gasteiger partial charge in [0, 0.05) is 16.3 Å². The number of hydrogen-bond donors (Lipinski definition) is 1. The summed E-state index contributed by atoms with van der Waals surface area (Å²) >= 11 is 3.13. The van der Waals surface area contributed by atoms with Gasteiger partial charge in [-0.1, -0.05) is 36.7 Å². The van der Waals surface area contributed by atoms with Gasteiger partial charge in [0.05, 0.1) is 0 Å². The summed E-state index contributed by atoms with van der Waals surface area (Å²) in [5, 5.41) is 0.323. The van der Waals surface area contributed by atoms with Crippen LogP contribution in [0.4, 0.5) is 9.18 Å². The Morgan fingerprint density at radius 2 is 2.00 bits per heavy atom. The molecule has 0 aromatic carbocycles. The van der Waals surface area contributed by atoms with Crippen molar-refractivity contribution in [1.82, 2.24) is 0 Å². The minimum absolute atomic E-state index is 0.107. The lowest BCUT2D eigenvalue weighted by Gasteiger charge is -2.19. The highest BCUT2D eigenvalue weighted by Crippen LogP contribution is 2.29. The van der Waals surface area contributed by atoms with Crippen molar-refractivity contribution in [2.75, 3.05) is 11.9 Å². The first kappa shape index (κ1) is 13.4. The van der Waals surface area contributed by atoms with E-state index in [2.05, 4.69) is 20.7 Å². The molecule has 0 saturated heterocycles. The van der Waals surface area contributed by atoms with E-state index in [-0.39, 0.29) is 12.4 Å². The normalized spacial score (nSPS) is 13.5. The Morgan fingerprint density at radius 3 is 2.29 bits per heavy atom. The van der Waals surface area contributed by atoms with Crippen LogP contribution in [0.5, 0.6) is 0 Å². The van der Waals surface area contributed by atoms with Crippen molar-refractivity contribution in [3.63, 3.8) is 0 Å². The van der Waals surface area contributed by atoms with Crippen LogP contribution in [0, 0.1) is 5.41 Å². The summed E-state index contributed by atoms with van der Waals surface area (Å²) in [4.78, 5) is 10.3. The molecule has 2 N–H and O–H groups in total. The van der Waals surface area contributed by atoms with Crippen molar-refractivity contribution in [3.05, 3.63) is 11.4 Å². The molecule has 0 rings (SSSR count). The molecule has 0 aliphatic rings. The van der Waals surface area contributed by atoms with Gasteiger partial charge in [-0.3, -0.25) is 0 Å². The molecule has 0 heterocycles. The van der Waals surface area contributed by atoms with Crippen molar-refractivity contribution in [1.29, 1.82) is 0 Å². The number of primary amides is 1. The second-order valence-electron chi connectivity index (χ2n) is 3.91. The van der Waals surface area contributed by atoms with Crippen LogP contribution in [0.2, 0.25) is 0 Å². The highest BCUT2D eigenvalue weighted by atomic mass is 79.9. The van der Waals surface area contributed by atoms with E-state index in [0.29, 0.717) is 10.9 Å². The minimum Gasteiger partial charge on any atom is -0.445 e. The molecule has 5 heteroatoms. The molecular formula is C9H15BrFNO2. The van der Waals surface area contributed by atoms with Gasteiger partial charge in [-0.25, -0.2) is 9.18 Å². The van der Waals surface area contributed by atoms with Crippen LogP contribution in [-0.4, -0.2) is 18.0 Å². The number of rotatable bonds is 3. The first-order valence-corrected chi connectivity index (χ1v) is 5.27. The monoisotopic (exact) mass is 267 g/mol. The average molecular weight is 268 g/mol. The molecule has 14 heavy (non-hydrogen) atoms. The van der Waals surface area contributed by atoms with E-state index in [1.54, 1.807) is 20.8 Å². The van der Waals surface area contributed by atoms with Crippen molar-refractivity contribution in [3.8, 4) is 0 Å². The highest BCUT2D eigenvalue weighted by Gasteiger charge is 2.21. The van der Waals surface area contributed by atoms with Gasteiger partial charge in [0.15, 0.2) is 0 Å². The fourth-order valence-electron chi connectivity index (χ4n) is 0.849. The van der Waals surface area contributed by atoms with Gasteiger partial charge in [-0.2, -0.15) is 0 Å². The van der Waals surface area contributed by atoms with Crippen molar-refractivity contribution in [2.45, 2.75) is 20.8 Å². The molecule has 1 amide bonds. The van der Waals surface area contributed by atoms with E-state index >= 15 is 0 Å². The Hall–Kier alpha value is -0.580. The second kappa shape index (κ2) is 5.34. The van der Waals surface area contributed by atoms with Crippen LogP contribution in [0.3, 0.4) is 0 Å². The molecule has 0 aromatic rings. The maximum absolute atomic E-state index is 13.6. The van der Waals surface area contributed by atoms with Crippen LogP contribution >= 0.6 is 15.9 Å². The molecule has 0 aliphatic carbocycles. The summed E-state index contributed by atoms with van der Waals surface area (Å²) in [6.07, 6.45) is -0.898. The predicted molar refractivity (Wildman–Crippen MR) is 56.9 cm³/mol. The molecule has 0 aromatic heterocycles. The second-order valence-corrected chi connectivity index (χ2v) is 4.47. The Kier molecular flexibility index (Phi) is 5.12.